The first-order valence-electron chi connectivity index (χ1n) is 9.76. The molecule has 0 bridgehead atoms. The molecule has 2 aromatic carbocycles. The lowest BCUT2D eigenvalue weighted by atomic mass is 9.93. The van der Waals surface area contributed by atoms with Crippen LogP contribution in [0.4, 0.5) is 0 Å². The number of fused-ring (bicyclic) bond motifs is 3. The van der Waals surface area contributed by atoms with Crippen molar-refractivity contribution >= 4 is 21.7 Å². The van der Waals surface area contributed by atoms with E-state index < -0.39 is 0 Å². The number of nitrogens with two attached hydrogens (primary N) is 1. The zero-order chi connectivity index (χ0) is 20.7. The molecule has 0 amide bonds. The zero-order valence-electron chi connectivity index (χ0n) is 17.2. The van der Waals surface area contributed by atoms with E-state index in [1.54, 1.807) is 7.11 Å². The van der Waals surface area contributed by atoms with Crippen LogP contribution in [0.3, 0.4) is 0 Å². The van der Waals surface area contributed by atoms with Crippen molar-refractivity contribution in [1.82, 2.24) is 9.97 Å². The third-order valence-corrected chi connectivity index (χ3v) is 5.67. The number of ether oxygens (including phenoxy) is 1. The number of benzene rings is 2. The number of rotatable bonds is 4. The van der Waals surface area contributed by atoms with E-state index in [0.717, 1.165) is 38.7 Å². The number of aryl methyl sites for hydroxylation is 2. The number of aromatic amines is 1. The quantitative estimate of drug-likeness (QED) is 0.508. The van der Waals surface area contributed by atoms with Crippen molar-refractivity contribution in [3.63, 3.8) is 0 Å². The summed E-state index contributed by atoms with van der Waals surface area (Å²) in [6.45, 7) is 6.55. The second-order valence-electron chi connectivity index (χ2n) is 7.54. The van der Waals surface area contributed by atoms with Gasteiger partial charge in [0.2, 0.25) is 5.88 Å². The average molecular weight is 387 g/mol. The van der Waals surface area contributed by atoms with Crippen molar-refractivity contribution in [2.75, 3.05) is 13.7 Å². The highest BCUT2D eigenvalue weighted by Gasteiger charge is 2.19. The maximum atomic E-state index is 12.8. The van der Waals surface area contributed by atoms with Gasteiger partial charge < -0.3 is 15.5 Å². The molecule has 29 heavy (non-hydrogen) atoms. The molecule has 5 heteroatoms. The first-order valence-corrected chi connectivity index (χ1v) is 9.76. The van der Waals surface area contributed by atoms with Gasteiger partial charge >= 0.3 is 0 Å². The van der Waals surface area contributed by atoms with Gasteiger partial charge in [-0.3, -0.25) is 4.79 Å². The molecule has 0 saturated heterocycles. The Morgan fingerprint density at radius 3 is 2.48 bits per heavy atom. The maximum absolute atomic E-state index is 12.8. The summed E-state index contributed by atoms with van der Waals surface area (Å²) in [6, 6.07) is 14.3. The lowest BCUT2D eigenvalue weighted by Gasteiger charge is -2.17. The molecule has 0 aliphatic rings. The third-order valence-electron chi connectivity index (χ3n) is 5.67. The van der Waals surface area contributed by atoms with E-state index in [-0.39, 0.29) is 5.56 Å². The molecule has 0 aliphatic carbocycles. The Bertz CT molecular complexity index is 1270. The highest BCUT2D eigenvalue weighted by molar-refractivity contribution is 6.14. The minimum Gasteiger partial charge on any atom is -0.481 e. The van der Waals surface area contributed by atoms with Crippen molar-refractivity contribution < 1.29 is 4.74 Å². The molecule has 0 spiro atoms. The smallest absolute Gasteiger partial charge is 0.256 e. The van der Waals surface area contributed by atoms with Crippen LogP contribution in [0.5, 0.6) is 5.88 Å². The summed E-state index contributed by atoms with van der Waals surface area (Å²) in [6.07, 6.45) is 0. The Kier molecular flexibility index (Phi) is 4.84. The van der Waals surface area contributed by atoms with Gasteiger partial charge in [0.15, 0.2) is 0 Å². The van der Waals surface area contributed by atoms with E-state index in [4.69, 9.17) is 10.5 Å². The number of hydrogen-bond donors (Lipinski definition) is 2. The normalized spacial score (nSPS) is 12.4. The molecular weight excluding hydrogens is 362 g/mol. The maximum Gasteiger partial charge on any atom is 0.256 e. The predicted octanol–water partition coefficient (Wildman–Crippen LogP) is 4.43. The molecule has 5 nitrogen and oxygen atoms in total. The van der Waals surface area contributed by atoms with Gasteiger partial charge in [-0.1, -0.05) is 49.4 Å². The van der Waals surface area contributed by atoms with Crippen LogP contribution in [0.15, 0.2) is 47.3 Å². The van der Waals surface area contributed by atoms with Gasteiger partial charge in [0, 0.05) is 5.39 Å². The van der Waals surface area contributed by atoms with Crippen LogP contribution in [0.25, 0.3) is 32.8 Å². The minimum atomic E-state index is -0.0984. The molecule has 4 aromatic rings. The Hall–Kier alpha value is -3.18. The number of pyridine rings is 2. The van der Waals surface area contributed by atoms with Crippen LogP contribution in [0, 0.1) is 13.8 Å². The summed E-state index contributed by atoms with van der Waals surface area (Å²) < 4.78 is 5.67. The fourth-order valence-electron chi connectivity index (χ4n) is 3.98. The van der Waals surface area contributed by atoms with Crippen molar-refractivity contribution in [3.05, 3.63) is 69.6 Å². The number of nitrogens with one attached hydrogen (secondary N) is 1. The number of hydrogen-bond acceptors (Lipinski definition) is 4. The summed E-state index contributed by atoms with van der Waals surface area (Å²) in [5, 5.41) is 2.55. The van der Waals surface area contributed by atoms with Crippen molar-refractivity contribution in [2.24, 2.45) is 5.73 Å². The van der Waals surface area contributed by atoms with Crippen molar-refractivity contribution in [2.45, 2.75) is 26.7 Å². The fourth-order valence-corrected chi connectivity index (χ4v) is 3.98. The largest absolute Gasteiger partial charge is 0.481 e. The highest BCUT2D eigenvalue weighted by Crippen LogP contribution is 2.39. The van der Waals surface area contributed by atoms with E-state index in [1.165, 1.54) is 5.56 Å². The topological polar surface area (TPSA) is 81.0 Å². The van der Waals surface area contributed by atoms with Gasteiger partial charge in [0.1, 0.15) is 0 Å². The van der Waals surface area contributed by atoms with Gasteiger partial charge in [0.05, 0.1) is 29.3 Å². The molecular formula is C24H25N3O2. The monoisotopic (exact) mass is 387 g/mol. The van der Waals surface area contributed by atoms with Gasteiger partial charge in [-0.15, -0.1) is 0 Å². The lowest BCUT2D eigenvalue weighted by molar-refractivity contribution is 0.399. The Balaban J connectivity index is 2.14. The molecule has 4 rings (SSSR count). The average Bonchev–Trinajstić information content (AvgIpc) is 2.73. The van der Waals surface area contributed by atoms with Crippen LogP contribution >= 0.6 is 0 Å². The fraction of sp³-hybridized carbons (Fsp3) is 0.250. The minimum absolute atomic E-state index is 0.0984. The van der Waals surface area contributed by atoms with E-state index in [0.29, 0.717) is 23.7 Å². The first-order chi connectivity index (χ1) is 14.0. The second-order valence-corrected chi connectivity index (χ2v) is 7.54. The summed E-state index contributed by atoms with van der Waals surface area (Å²) >= 11 is 0. The molecule has 0 saturated carbocycles. The lowest BCUT2D eigenvalue weighted by Crippen LogP contribution is -2.10. The van der Waals surface area contributed by atoms with Gasteiger partial charge in [-0.2, -0.15) is 0 Å². The first kappa shape index (κ1) is 19.2. The van der Waals surface area contributed by atoms with Crippen LogP contribution in [0.1, 0.15) is 29.7 Å². The highest BCUT2D eigenvalue weighted by atomic mass is 16.5. The molecule has 148 valence electrons. The van der Waals surface area contributed by atoms with Crippen LogP contribution in [0.2, 0.25) is 0 Å². The Morgan fingerprint density at radius 2 is 1.83 bits per heavy atom. The molecule has 3 N–H and O–H groups in total. The predicted molar refractivity (Wildman–Crippen MR) is 119 cm³/mol. The van der Waals surface area contributed by atoms with E-state index >= 15 is 0 Å². The Labute approximate surface area is 169 Å². The van der Waals surface area contributed by atoms with Crippen molar-refractivity contribution in [3.8, 4) is 17.0 Å². The zero-order valence-corrected chi connectivity index (χ0v) is 17.2. The number of aromatic nitrogens is 2. The van der Waals surface area contributed by atoms with Gasteiger partial charge in [-0.05, 0) is 48.4 Å². The number of methoxy groups -OCH3 is 1. The summed E-state index contributed by atoms with van der Waals surface area (Å²) in [5.74, 6) is 0.836. The van der Waals surface area contributed by atoms with E-state index in [2.05, 4.69) is 41.2 Å². The molecule has 0 fully saturated rings. The second kappa shape index (κ2) is 7.33. The Morgan fingerprint density at radius 1 is 1.10 bits per heavy atom. The number of nitrogens with zero attached hydrogens (tertiary/aromatic N) is 1. The van der Waals surface area contributed by atoms with Gasteiger partial charge in [0.25, 0.3) is 5.56 Å². The standard InChI is InChI=1S/C24H25N3O2/c1-13-6-5-7-18-19(13)23(28)27-22-15(3)26-24(29-4)20(21(18)22)17-10-8-16(9-11-17)14(2)12-25/h5-11,14H,12,25H2,1-4H3,(H,27,28). The van der Waals surface area contributed by atoms with Crippen molar-refractivity contribution in [1.29, 1.82) is 0 Å². The molecule has 1 atom stereocenters. The molecule has 0 radical (unpaired) electrons. The summed E-state index contributed by atoms with van der Waals surface area (Å²) in [4.78, 5) is 20.5. The van der Waals surface area contributed by atoms with Gasteiger partial charge in [-0.25, -0.2) is 4.98 Å². The van der Waals surface area contributed by atoms with E-state index in [1.807, 2.05) is 32.0 Å². The SMILES string of the molecule is COc1nc(C)c2[nH]c(=O)c3c(C)cccc3c2c1-c1ccc(C(C)CN)cc1. The molecule has 0 aliphatic heterocycles. The summed E-state index contributed by atoms with van der Waals surface area (Å²) in [5.41, 5.74) is 11.2. The number of H-pyrrole nitrogens is 1. The van der Waals surface area contributed by atoms with E-state index in [9.17, 15) is 4.79 Å². The van der Waals surface area contributed by atoms with Crippen LogP contribution < -0.4 is 16.0 Å². The molecule has 1 unspecified atom stereocenters. The molecule has 2 heterocycles. The molecule has 2 aromatic heterocycles. The van der Waals surface area contributed by atoms with Crippen LogP contribution in [-0.4, -0.2) is 23.6 Å². The summed E-state index contributed by atoms with van der Waals surface area (Å²) in [7, 11) is 1.63. The third kappa shape index (κ3) is 3.08. The van der Waals surface area contributed by atoms with Crippen LogP contribution in [-0.2, 0) is 0 Å².